The van der Waals surface area contributed by atoms with Crippen molar-refractivity contribution in [3.05, 3.63) is 109 Å². The molecule has 2 heterocycles. The molecule has 10 atom stereocenters. The highest BCUT2D eigenvalue weighted by Gasteiger charge is 2.51. The predicted octanol–water partition coefficient (Wildman–Crippen LogP) is 8.30. The van der Waals surface area contributed by atoms with Gasteiger partial charge >= 0.3 is 6.09 Å². The molecular weight excluding hydrogens is 769 g/mol. The van der Waals surface area contributed by atoms with Crippen molar-refractivity contribution < 1.29 is 33.0 Å². The standard InChI is InChI=1S/C50H70N2O7Si/c1-12-22-40(29-34(2)32-57-60(50(7,8)9,42-25-18-14-19-26-42)43-27-20-15-21-28-43)46(59-48-36(4)44(51(10)11)30-35(3)58-48)37(5)45(53)38(6)47(54)52-41(33-56-49(52)55)31-39-23-16-13-17-24-39/h12-21,23-28,34-38,40-41,44,46,48H,1,22,29-33H2,2-11H3/t34-,35-,36-,37+,38?,40+,41-,44?,46-,48+/m1/s1. The number of carbonyl (C=O) groups is 3. The average Bonchev–Trinajstić information content (AvgIpc) is 3.59. The molecule has 2 amide bonds. The lowest BCUT2D eigenvalue weighted by Crippen LogP contribution is -2.66. The molecule has 2 saturated heterocycles. The number of rotatable bonds is 19. The molecule has 0 aliphatic carbocycles. The molecule has 2 aliphatic rings. The third kappa shape index (κ3) is 10.7. The van der Waals surface area contributed by atoms with Crippen molar-refractivity contribution in [3.8, 4) is 0 Å². The van der Waals surface area contributed by atoms with Crippen LogP contribution in [0.4, 0.5) is 4.79 Å². The molecule has 2 fully saturated rings. The third-order valence-corrected chi connectivity index (χ3v) is 17.8. The van der Waals surface area contributed by atoms with Gasteiger partial charge in [-0.2, -0.15) is 0 Å². The first-order valence-corrected chi connectivity index (χ1v) is 23.8. The van der Waals surface area contributed by atoms with Gasteiger partial charge < -0.3 is 23.5 Å². The highest BCUT2D eigenvalue weighted by Crippen LogP contribution is 2.39. The van der Waals surface area contributed by atoms with Crippen LogP contribution in [0.1, 0.15) is 80.2 Å². The predicted molar refractivity (Wildman–Crippen MR) is 242 cm³/mol. The Labute approximate surface area is 360 Å². The Hall–Kier alpha value is -3.93. The lowest BCUT2D eigenvalue weighted by molar-refractivity contribution is -0.260. The van der Waals surface area contributed by atoms with Crippen LogP contribution >= 0.6 is 0 Å². The number of ketones is 1. The summed E-state index contributed by atoms with van der Waals surface area (Å²) >= 11 is 0. The molecule has 10 heteroatoms. The largest absolute Gasteiger partial charge is 0.447 e. The van der Waals surface area contributed by atoms with E-state index in [1.54, 1.807) is 6.92 Å². The topological polar surface area (TPSA) is 94.6 Å². The molecule has 3 aromatic rings. The van der Waals surface area contributed by atoms with E-state index in [4.69, 9.17) is 18.6 Å². The molecule has 0 bridgehead atoms. The van der Waals surface area contributed by atoms with Gasteiger partial charge in [0.2, 0.25) is 5.91 Å². The molecule has 9 nitrogen and oxygen atoms in total. The molecule has 0 N–H and O–H groups in total. The quantitative estimate of drug-likeness (QED) is 0.0677. The maximum absolute atomic E-state index is 14.7. The van der Waals surface area contributed by atoms with Crippen LogP contribution in [0, 0.1) is 29.6 Å². The van der Waals surface area contributed by atoms with Crippen LogP contribution in [0.15, 0.2) is 104 Å². The lowest BCUT2D eigenvalue weighted by atomic mass is 9.79. The van der Waals surface area contributed by atoms with Crippen LogP contribution in [0.25, 0.3) is 0 Å². The highest BCUT2D eigenvalue weighted by atomic mass is 28.4. The Kier molecular flexibility index (Phi) is 16.3. The van der Waals surface area contributed by atoms with Gasteiger partial charge in [-0.05, 0) is 86.4 Å². The van der Waals surface area contributed by atoms with E-state index in [1.807, 2.05) is 55.5 Å². The number of nitrogens with zero attached hydrogens (tertiary/aromatic N) is 2. The van der Waals surface area contributed by atoms with Gasteiger partial charge in [-0.25, -0.2) is 9.69 Å². The van der Waals surface area contributed by atoms with Crippen LogP contribution < -0.4 is 10.4 Å². The molecule has 5 rings (SSSR count). The SMILES string of the molecule is C=CC[C@@H](C[C@@H](C)CO[Si](c1ccccc1)(c1ccccc1)C(C)(C)C)[C@H](O[C@@H]1O[C@H](C)CC(N(C)C)[C@H]1C)[C@@H](C)C(=O)C(C)C(=O)N1C(=O)OC[C@H]1Cc1ccccc1. The Morgan fingerprint density at radius 2 is 1.50 bits per heavy atom. The maximum Gasteiger partial charge on any atom is 0.417 e. The Balaban J connectivity index is 1.44. The number of allylic oxidation sites excluding steroid dienone is 1. The molecular formula is C50H70N2O7Si. The summed E-state index contributed by atoms with van der Waals surface area (Å²) in [5, 5.41) is 2.26. The van der Waals surface area contributed by atoms with Crippen molar-refractivity contribution >= 4 is 36.5 Å². The molecule has 60 heavy (non-hydrogen) atoms. The van der Waals surface area contributed by atoms with Crippen molar-refractivity contribution in [2.45, 2.75) is 117 Å². The molecule has 0 spiro atoms. The van der Waals surface area contributed by atoms with E-state index in [1.165, 1.54) is 10.4 Å². The summed E-state index contributed by atoms with van der Waals surface area (Å²) in [5.74, 6) is -2.73. The monoisotopic (exact) mass is 838 g/mol. The van der Waals surface area contributed by atoms with E-state index in [2.05, 4.69) is 116 Å². The third-order valence-electron chi connectivity index (χ3n) is 12.8. The van der Waals surface area contributed by atoms with Crippen LogP contribution in [-0.4, -0.2) is 93.8 Å². The first-order chi connectivity index (χ1) is 28.5. The van der Waals surface area contributed by atoms with Gasteiger partial charge in [0.05, 0.1) is 24.2 Å². The number of benzene rings is 3. The van der Waals surface area contributed by atoms with Crippen LogP contribution in [0.5, 0.6) is 0 Å². The van der Waals surface area contributed by atoms with E-state index < -0.39 is 50.6 Å². The van der Waals surface area contributed by atoms with Crippen molar-refractivity contribution in [2.75, 3.05) is 27.3 Å². The Morgan fingerprint density at radius 3 is 2.03 bits per heavy atom. The smallest absolute Gasteiger partial charge is 0.417 e. The zero-order valence-corrected chi connectivity index (χ0v) is 38.7. The first kappa shape index (κ1) is 47.1. The summed E-state index contributed by atoms with van der Waals surface area (Å²) in [7, 11) is 1.35. The van der Waals surface area contributed by atoms with Gasteiger partial charge in [-0.1, -0.05) is 139 Å². The second-order valence-electron chi connectivity index (χ2n) is 18.7. The summed E-state index contributed by atoms with van der Waals surface area (Å²) in [6.07, 6.45) is 2.50. The fourth-order valence-electron chi connectivity index (χ4n) is 9.62. The number of carbonyl (C=O) groups excluding carboxylic acids is 3. The second kappa shape index (κ2) is 20.8. The summed E-state index contributed by atoms with van der Waals surface area (Å²) in [6.45, 7) is 21.5. The highest BCUT2D eigenvalue weighted by molar-refractivity contribution is 6.99. The zero-order chi connectivity index (χ0) is 43.8. The van der Waals surface area contributed by atoms with Gasteiger partial charge in [0.25, 0.3) is 8.32 Å². The number of imide groups is 1. The van der Waals surface area contributed by atoms with Crippen LogP contribution in [-0.2, 0) is 34.6 Å². The van der Waals surface area contributed by atoms with Crippen LogP contribution in [0.3, 0.4) is 0 Å². The van der Waals surface area contributed by atoms with Crippen molar-refractivity contribution in [2.24, 2.45) is 29.6 Å². The summed E-state index contributed by atoms with van der Waals surface area (Å²) in [4.78, 5) is 45.3. The van der Waals surface area contributed by atoms with Gasteiger partial charge in [0, 0.05) is 24.5 Å². The number of amides is 2. The number of ether oxygens (including phenoxy) is 3. The number of hydrogen-bond donors (Lipinski definition) is 0. The van der Waals surface area contributed by atoms with Gasteiger partial charge in [0.15, 0.2) is 6.29 Å². The van der Waals surface area contributed by atoms with Gasteiger partial charge in [-0.3, -0.25) is 9.59 Å². The van der Waals surface area contributed by atoms with E-state index in [0.29, 0.717) is 25.9 Å². The fraction of sp³-hybridized carbons (Fsp3) is 0.540. The Bertz CT molecular complexity index is 1810. The van der Waals surface area contributed by atoms with E-state index in [9.17, 15) is 14.4 Å². The van der Waals surface area contributed by atoms with Crippen molar-refractivity contribution in [1.82, 2.24) is 9.80 Å². The molecule has 326 valence electrons. The maximum atomic E-state index is 14.7. The normalized spacial score (nSPS) is 23.7. The first-order valence-electron chi connectivity index (χ1n) is 21.9. The van der Waals surface area contributed by atoms with E-state index in [0.717, 1.165) is 16.9 Å². The molecule has 0 aromatic heterocycles. The summed E-state index contributed by atoms with van der Waals surface area (Å²) in [5.41, 5.74) is 0.978. The minimum atomic E-state index is -2.81. The van der Waals surface area contributed by atoms with Crippen molar-refractivity contribution in [3.63, 3.8) is 0 Å². The molecule has 3 aromatic carbocycles. The van der Waals surface area contributed by atoms with Gasteiger partial charge in [-0.15, -0.1) is 6.58 Å². The lowest BCUT2D eigenvalue weighted by Gasteiger charge is -2.45. The number of Topliss-reactive ketones (excluding diaryl/α,β-unsaturated/α-hetero) is 1. The van der Waals surface area contributed by atoms with Crippen molar-refractivity contribution in [1.29, 1.82) is 0 Å². The zero-order valence-electron chi connectivity index (χ0n) is 37.7. The molecule has 0 radical (unpaired) electrons. The average molecular weight is 839 g/mol. The minimum absolute atomic E-state index is 0.0125. The number of hydrogen-bond acceptors (Lipinski definition) is 8. The van der Waals surface area contributed by atoms with Crippen LogP contribution in [0.2, 0.25) is 5.04 Å². The molecule has 2 aliphatic heterocycles. The van der Waals surface area contributed by atoms with Gasteiger partial charge in [0.1, 0.15) is 12.4 Å². The minimum Gasteiger partial charge on any atom is -0.447 e. The molecule has 2 unspecified atom stereocenters. The molecule has 0 saturated carbocycles. The second-order valence-corrected chi connectivity index (χ2v) is 23.0. The number of cyclic esters (lactones) is 1. The van der Waals surface area contributed by atoms with E-state index in [-0.39, 0.29) is 47.3 Å². The summed E-state index contributed by atoms with van der Waals surface area (Å²) in [6, 6.07) is 30.7. The fourth-order valence-corrected chi connectivity index (χ4v) is 14.3. The Morgan fingerprint density at radius 1 is 0.933 bits per heavy atom. The van der Waals surface area contributed by atoms with E-state index >= 15 is 0 Å². The summed E-state index contributed by atoms with van der Waals surface area (Å²) < 4.78 is 26.4.